The van der Waals surface area contributed by atoms with Gasteiger partial charge in [0.05, 0.1) is 6.61 Å². The van der Waals surface area contributed by atoms with E-state index in [0.717, 1.165) is 0 Å². The number of rotatable bonds is 4. The Morgan fingerprint density at radius 2 is 2.20 bits per heavy atom. The van der Waals surface area contributed by atoms with Crippen LogP contribution in [-0.4, -0.2) is 28.2 Å². The summed E-state index contributed by atoms with van der Waals surface area (Å²) < 4.78 is 27.5. The van der Waals surface area contributed by atoms with Crippen molar-refractivity contribution in [3.63, 3.8) is 0 Å². The van der Waals surface area contributed by atoms with Crippen LogP contribution in [0.2, 0.25) is 0 Å². The Kier molecular flexibility index (Phi) is 3.80. The Hall–Kier alpha value is -0.170. The van der Waals surface area contributed by atoms with Crippen LogP contribution >= 0.6 is 0 Å². The van der Waals surface area contributed by atoms with E-state index in [1.807, 2.05) is 0 Å². The molecule has 10 heavy (non-hydrogen) atoms. The van der Waals surface area contributed by atoms with Crippen LogP contribution in [0.5, 0.6) is 0 Å². The van der Waals surface area contributed by atoms with Crippen molar-refractivity contribution in [2.75, 3.05) is 13.7 Å². The minimum atomic E-state index is -3.58. The molecule has 0 heterocycles. The van der Waals surface area contributed by atoms with Crippen molar-refractivity contribution < 1.29 is 13.2 Å². The van der Waals surface area contributed by atoms with Crippen molar-refractivity contribution in [3.8, 4) is 0 Å². The van der Waals surface area contributed by atoms with E-state index >= 15 is 0 Å². The van der Waals surface area contributed by atoms with E-state index in [-0.39, 0.29) is 6.04 Å². The SMILES string of the molecule is COCC(C)NS(N)(=O)=O. The molecule has 0 bridgehead atoms. The van der Waals surface area contributed by atoms with Crippen LogP contribution in [0, 0.1) is 0 Å². The van der Waals surface area contributed by atoms with Crippen molar-refractivity contribution in [1.29, 1.82) is 0 Å². The zero-order valence-electron chi connectivity index (χ0n) is 5.99. The third kappa shape index (κ3) is 5.96. The Morgan fingerprint density at radius 1 is 1.70 bits per heavy atom. The van der Waals surface area contributed by atoms with Crippen LogP contribution in [0.4, 0.5) is 0 Å². The molecule has 3 N–H and O–H groups in total. The fourth-order valence-corrected chi connectivity index (χ4v) is 1.19. The van der Waals surface area contributed by atoms with Gasteiger partial charge in [0.1, 0.15) is 0 Å². The molecule has 0 fully saturated rings. The number of nitrogens with two attached hydrogens (primary N) is 1. The standard InChI is InChI=1S/C4H12N2O3S/c1-4(3-9-2)6-10(5,7)8/h4,6H,3H2,1-2H3,(H2,5,7,8). The molecule has 0 amide bonds. The monoisotopic (exact) mass is 168 g/mol. The Bertz CT molecular complexity index is 177. The molecule has 0 aromatic heterocycles. The minimum Gasteiger partial charge on any atom is -0.383 e. The summed E-state index contributed by atoms with van der Waals surface area (Å²) in [7, 11) is -2.09. The van der Waals surface area contributed by atoms with Crippen molar-refractivity contribution in [2.24, 2.45) is 5.14 Å². The van der Waals surface area contributed by atoms with Gasteiger partial charge >= 0.3 is 0 Å². The van der Waals surface area contributed by atoms with Crippen LogP contribution in [0.1, 0.15) is 6.92 Å². The Balaban J connectivity index is 3.69. The molecular formula is C4H12N2O3S. The lowest BCUT2D eigenvalue weighted by Gasteiger charge is -2.09. The topological polar surface area (TPSA) is 81.4 Å². The largest absolute Gasteiger partial charge is 0.383 e. The maximum atomic E-state index is 10.3. The molecule has 0 aliphatic rings. The average molecular weight is 168 g/mol. The number of methoxy groups -OCH3 is 1. The van der Waals surface area contributed by atoms with Gasteiger partial charge in [0.15, 0.2) is 0 Å². The number of hydrogen-bond acceptors (Lipinski definition) is 3. The van der Waals surface area contributed by atoms with Crippen molar-refractivity contribution in [2.45, 2.75) is 13.0 Å². The third-order valence-electron chi connectivity index (χ3n) is 0.782. The van der Waals surface area contributed by atoms with E-state index in [4.69, 9.17) is 0 Å². The average Bonchev–Trinajstić information content (AvgIpc) is 1.59. The van der Waals surface area contributed by atoms with Gasteiger partial charge in [-0.3, -0.25) is 0 Å². The summed E-state index contributed by atoms with van der Waals surface area (Å²) in [4.78, 5) is 0. The summed E-state index contributed by atoms with van der Waals surface area (Å²) in [6.07, 6.45) is 0. The first kappa shape index (κ1) is 9.83. The summed E-state index contributed by atoms with van der Waals surface area (Å²) in [6, 6.07) is -0.278. The van der Waals surface area contributed by atoms with E-state index in [1.54, 1.807) is 6.92 Å². The summed E-state index contributed by atoms with van der Waals surface area (Å²) in [5.41, 5.74) is 0. The minimum absolute atomic E-state index is 0.278. The molecule has 0 saturated heterocycles. The van der Waals surface area contributed by atoms with Crippen LogP contribution in [-0.2, 0) is 14.9 Å². The van der Waals surface area contributed by atoms with Crippen LogP contribution in [0.15, 0.2) is 0 Å². The van der Waals surface area contributed by atoms with Crippen molar-refractivity contribution in [3.05, 3.63) is 0 Å². The predicted octanol–water partition coefficient (Wildman–Crippen LogP) is -1.19. The maximum absolute atomic E-state index is 10.3. The predicted molar refractivity (Wildman–Crippen MR) is 37.6 cm³/mol. The van der Waals surface area contributed by atoms with E-state index < -0.39 is 10.2 Å². The van der Waals surface area contributed by atoms with Gasteiger partial charge in [-0.15, -0.1) is 0 Å². The van der Waals surface area contributed by atoms with Gasteiger partial charge < -0.3 is 4.74 Å². The van der Waals surface area contributed by atoms with Crippen LogP contribution < -0.4 is 9.86 Å². The molecule has 0 aromatic rings. The van der Waals surface area contributed by atoms with Gasteiger partial charge in [0.25, 0.3) is 10.2 Å². The molecule has 1 atom stereocenters. The second-order valence-corrected chi connectivity index (χ2v) is 3.34. The van der Waals surface area contributed by atoms with Gasteiger partial charge in [-0.2, -0.15) is 13.1 Å². The second kappa shape index (κ2) is 3.87. The Labute approximate surface area is 60.7 Å². The summed E-state index contributed by atoms with van der Waals surface area (Å²) in [6.45, 7) is 1.98. The summed E-state index contributed by atoms with van der Waals surface area (Å²) >= 11 is 0. The van der Waals surface area contributed by atoms with E-state index in [2.05, 4.69) is 14.6 Å². The molecule has 0 rings (SSSR count). The lowest BCUT2D eigenvalue weighted by atomic mass is 10.4. The van der Waals surface area contributed by atoms with E-state index in [1.165, 1.54) is 7.11 Å². The van der Waals surface area contributed by atoms with Crippen LogP contribution in [0.3, 0.4) is 0 Å². The zero-order valence-corrected chi connectivity index (χ0v) is 6.81. The summed E-state index contributed by atoms with van der Waals surface area (Å²) in [5.74, 6) is 0. The first-order chi connectivity index (χ1) is 4.45. The molecule has 0 spiro atoms. The number of nitrogens with one attached hydrogen (secondary N) is 1. The fraction of sp³-hybridized carbons (Fsp3) is 1.00. The lowest BCUT2D eigenvalue weighted by molar-refractivity contribution is 0.180. The van der Waals surface area contributed by atoms with Crippen molar-refractivity contribution >= 4 is 10.2 Å². The third-order valence-corrected chi connectivity index (χ3v) is 1.51. The molecule has 1 unspecified atom stereocenters. The normalized spacial score (nSPS) is 15.1. The smallest absolute Gasteiger partial charge is 0.274 e. The first-order valence-electron chi connectivity index (χ1n) is 2.74. The summed E-state index contributed by atoms with van der Waals surface area (Å²) in [5, 5.41) is 4.67. The van der Waals surface area contributed by atoms with Gasteiger partial charge in [0, 0.05) is 13.2 Å². The molecule has 6 heteroatoms. The van der Waals surface area contributed by atoms with Gasteiger partial charge in [-0.05, 0) is 6.92 Å². The van der Waals surface area contributed by atoms with E-state index in [0.29, 0.717) is 6.61 Å². The van der Waals surface area contributed by atoms with Gasteiger partial charge in [-0.25, -0.2) is 5.14 Å². The lowest BCUT2D eigenvalue weighted by Crippen LogP contribution is -2.39. The van der Waals surface area contributed by atoms with Gasteiger partial charge in [0.2, 0.25) is 0 Å². The fourth-order valence-electron chi connectivity index (χ4n) is 0.564. The first-order valence-corrected chi connectivity index (χ1v) is 4.29. The highest BCUT2D eigenvalue weighted by Gasteiger charge is 2.07. The maximum Gasteiger partial charge on any atom is 0.274 e. The van der Waals surface area contributed by atoms with E-state index in [9.17, 15) is 8.42 Å². The molecule has 5 nitrogen and oxygen atoms in total. The molecule has 0 aliphatic heterocycles. The van der Waals surface area contributed by atoms with Crippen molar-refractivity contribution in [1.82, 2.24) is 4.72 Å². The molecule has 0 aromatic carbocycles. The highest BCUT2D eigenvalue weighted by molar-refractivity contribution is 7.87. The highest BCUT2D eigenvalue weighted by atomic mass is 32.2. The highest BCUT2D eigenvalue weighted by Crippen LogP contribution is 1.82. The zero-order chi connectivity index (χ0) is 8.20. The molecule has 0 aliphatic carbocycles. The molecule has 0 saturated carbocycles. The number of ether oxygens (including phenoxy) is 1. The Morgan fingerprint density at radius 3 is 2.50 bits per heavy atom. The number of hydrogen-bond donors (Lipinski definition) is 2. The van der Waals surface area contributed by atoms with Crippen LogP contribution in [0.25, 0.3) is 0 Å². The van der Waals surface area contributed by atoms with Gasteiger partial charge in [-0.1, -0.05) is 0 Å². The second-order valence-electron chi connectivity index (χ2n) is 2.02. The molecule has 0 radical (unpaired) electrons. The quantitative estimate of drug-likeness (QED) is 0.554. The molecule has 62 valence electrons. The molecular weight excluding hydrogens is 156 g/mol.